The van der Waals surface area contributed by atoms with Crippen molar-refractivity contribution in [2.45, 2.75) is 6.92 Å². The summed E-state index contributed by atoms with van der Waals surface area (Å²) in [5.41, 5.74) is 4.82. The number of aromatic nitrogens is 2. The summed E-state index contributed by atoms with van der Waals surface area (Å²) in [6, 6.07) is 13.9. The third-order valence-electron chi connectivity index (χ3n) is 2.93. The fourth-order valence-corrected chi connectivity index (χ4v) is 2.02. The Morgan fingerprint density at radius 3 is 2.83 bits per heavy atom. The highest BCUT2D eigenvalue weighted by molar-refractivity contribution is 5.76. The van der Waals surface area contributed by atoms with Crippen LogP contribution in [0.4, 0.5) is 0 Å². The molecule has 0 aliphatic rings. The second-order valence-corrected chi connectivity index (χ2v) is 4.35. The molecule has 2 heterocycles. The SMILES string of the molecule is Cc1cccc(-c2cc3ccc(C=O)cn3n2)c1. The molecule has 3 nitrogen and oxygen atoms in total. The van der Waals surface area contributed by atoms with Crippen LogP contribution < -0.4 is 0 Å². The lowest BCUT2D eigenvalue weighted by atomic mass is 10.1. The van der Waals surface area contributed by atoms with Gasteiger partial charge in [0, 0.05) is 17.3 Å². The van der Waals surface area contributed by atoms with E-state index >= 15 is 0 Å². The fraction of sp³-hybridized carbons (Fsp3) is 0.0667. The Morgan fingerprint density at radius 1 is 1.17 bits per heavy atom. The van der Waals surface area contributed by atoms with E-state index in [0.29, 0.717) is 5.56 Å². The second kappa shape index (κ2) is 4.11. The number of nitrogens with zero attached hydrogens (tertiary/aromatic N) is 2. The van der Waals surface area contributed by atoms with Gasteiger partial charge in [0.25, 0.3) is 0 Å². The summed E-state index contributed by atoms with van der Waals surface area (Å²) < 4.78 is 1.74. The zero-order valence-electron chi connectivity index (χ0n) is 10.00. The molecular weight excluding hydrogens is 224 g/mol. The lowest BCUT2D eigenvalue weighted by Crippen LogP contribution is -1.90. The van der Waals surface area contributed by atoms with Crippen molar-refractivity contribution in [2.24, 2.45) is 0 Å². The first-order valence-electron chi connectivity index (χ1n) is 5.78. The molecule has 2 aromatic heterocycles. The van der Waals surface area contributed by atoms with Gasteiger partial charge in [-0.15, -0.1) is 0 Å². The molecule has 3 aromatic rings. The largest absolute Gasteiger partial charge is 0.298 e. The van der Waals surface area contributed by atoms with Crippen molar-refractivity contribution < 1.29 is 4.79 Å². The maximum atomic E-state index is 10.7. The third-order valence-corrected chi connectivity index (χ3v) is 2.93. The highest BCUT2D eigenvalue weighted by Crippen LogP contribution is 2.20. The van der Waals surface area contributed by atoms with Crippen LogP contribution in [0.1, 0.15) is 15.9 Å². The first kappa shape index (κ1) is 10.7. The maximum Gasteiger partial charge on any atom is 0.151 e. The fourth-order valence-electron chi connectivity index (χ4n) is 2.02. The Balaban J connectivity index is 2.16. The molecule has 0 aliphatic carbocycles. The van der Waals surface area contributed by atoms with Crippen molar-refractivity contribution in [3.63, 3.8) is 0 Å². The van der Waals surface area contributed by atoms with Crippen LogP contribution in [0.15, 0.2) is 48.7 Å². The molecule has 88 valence electrons. The molecule has 0 aliphatic heterocycles. The summed E-state index contributed by atoms with van der Waals surface area (Å²) in [5, 5.41) is 4.49. The molecular formula is C15H12N2O. The standard InChI is InChI=1S/C15H12N2O/c1-11-3-2-4-13(7-11)15-8-14-6-5-12(10-18)9-17(14)16-15/h2-10H,1H3. The molecule has 0 spiro atoms. The molecule has 18 heavy (non-hydrogen) atoms. The lowest BCUT2D eigenvalue weighted by Gasteiger charge is -1.97. The van der Waals surface area contributed by atoms with Gasteiger partial charge in [-0.3, -0.25) is 4.79 Å². The topological polar surface area (TPSA) is 34.4 Å². The van der Waals surface area contributed by atoms with Crippen molar-refractivity contribution in [3.8, 4) is 11.3 Å². The van der Waals surface area contributed by atoms with E-state index in [4.69, 9.17) is 0 Å². The van der Waals surface area contributed by atoms with Gasteiger partial charge in [-0.05, 0) is 31.2 Å². The minimum absolute atomic E-state index is 0.626. The van der Waals surface area contributed by atoms with Crippen LogP contribution >= 0.6 is 0 Å². The molecule has 0 saturated carbocycles. The molecule has 0 bridgehead atoms. The van der Waals surface area contributed by atoms with Gasteiger partial charge in [-0.1, -0.05) is 23.8 Å². The lowest BCUT2D eigenvalue weighted by molar-refractivity contribution is 0.112. The third kappa shape index (κ3) is 1.80. The van der Waals surface area contributed by atoms with E-state index in [1.54, 1.807) is 16.8 Å². The Kier molecular flexibility index (Phi) is 2.45. The number of fused-ring (bicyclic) bond motifs is 1. The number of carbonyl (C=O) groups excluding carboxylic acids is 1. The first-order chi connectivity index (χ1) is 8.76. The number of aldehydes is 1. The quantitative estimate of drug-likeness (QED) is 0.641. The molecule has 0 saturated heterocycles. The molecule has 3 rings (SSSR count). The van der Waals surface area contributed by atoms with Crippen LogP contribution in [-0.2, 0) is 0 Å². The van der Waals surface area contributed by atoms with Gasteiger partial charge in [0.1, 0.15) is 0 Å². The van der Waals surface area contributed by atoms with Crippen molar-refractivity contribution in [3.05, 3.63) is 59.8 Å². The number of benzene rings is 1. The van der Waals surface area contributed by atoms with Crippen LogP contribution in [-0.4, -0.2) is 15.9 Å². The van der Waals surface area contributed by atoms with Crippen LogP contribution in [0, 0.1) is 6.92 Å². The summed E-state index contributed by atoms with van der Waals surface area (Å²) >= 11 is 0. The summed E-state index contributed by atoms with van der Waals surface area (Å²) in [7, 11) is 0. The molecule has 0 amide bonds. The smallest absolute Gasteiger partial charge is 0.151 e. The number of hydrogen-bond donors (Lipinski definition) is 0. The van der Waals surface area contributed by atoms with Gasteiger partial charge in [-0.25, -0.2) is 4.52 Å². The van der Waals surface area contributed by atoms with E-state index in [9.17, 15) is 4.79 Å². The molecule has 3 heteroatoms. The number of aryl methyl sites for hydroxylation is 1. The van der Waals surface area contributed by atoms with Gasteiger partial charge in [-0.2, -0.15) is 5.10 Å². The van der Waals surface area contributed by atoms with Crippen LogP contribution in [0.3, 0.4) is 0 Å². The highest BCUT2D eigenvalue weighted by atomic mass is 16.1. The van der Waals surface area contributed by atoms with Gasteiger partial charge < -0.3 is 0 Å². The van der Waals surface area contributed by atoms with Gasteiger partial charge in [0.2, 0.25) is 0 Å². The maximum absolute atomic E-state index is 10.7. The Morgan fingerprint density at radius 2 is 2.06 bits per heavy atom. The van der Waals surface area contributed by atoms with E-state index in [-0.39, 0.29) is 0 Å². The van der Waals surface area contributed by atoms with E-state index in [2.05, 4.69) is 24.2 Å². The predicted molar refractivity (Wildman–Crippen MR) is 70.8 cm³/mol. The zero-order chi connectivity index (χ0) is 12.5. The van der Waals surface area contributed by atoms with Crippen molar-refractivity contribution >= 4 is 11.8 Å². The minimum Gasteiger partial charge on any atom is -0.298 e. The Bertz CT molecular complexity index is 728. The molecule has 0 unspecified atom stereocenters. The van der Waals surface area contributed by atoms with Gasteiger partial charge in [0.05, 0.1) is 11.2 Å². The average Bonchev–Trinajstić information content (AvgIpc) is 2.81. The number of pyridine rings is 1. The summed E-state index contributed by atoms with van der Waals surface area (Å²) in [6.45, 7) is 2.06. The molecule has 1 aromatic carbocycles. The number of rotatable bonds is 2. The Labute approximate surface area is 105 Å². The molecule has 0 N–H and O–H groups in total. The van der Waals surface area contributed by atoms with Crippen molar-refractivity contribution in [1.29, 1.82) is 0 Å². The van der Waals surface area contributed by atoms with E-state index in [1.165, 1.54) is 5.56 Å². The summed E-state index contributed by atoms with van der Waals surface area (Å²) in [4.78, 5) is 10.7. The highest BCUT2D eigenvalue weighted by Gasteiger charge is 2.04. The van der Waals surface area contributed by atoms with Crippen LogP contribution in [0.5, 0.6) is 0 Å². The summed E-state index contributed by atoms with van der Waals surface area (Å²) in [6.07, 6.45) is 2.56. The second-order valence-electron chi connectivity index (χ2n) is 4.35. The van der Waals surface area contributed by atoms with Gasteiger partial charge in [0.15, 0.2) is 6.29 Å². The molecule has 0 atom stereocenters. The monoisotopic (exact) mass is 236 g/mol. The van der Waals surface area contributed by atoms with Crippen LogP contribution in [0.2, 0.25) is 0 Å². The van der Waals surface area contributed by atoms with E-state index in [1.807, 2.05) is 24.3 Å². The van der Waals surface area contributed by atoms with E-state index < -0.39 is 0 Å². The Hall–Kier alpha value is -2.42. The van der Waals surface area contributed by atoms with Crippen molar-refractivity contribution in [1.82, 2.24) is 9.61 Å². The van der Waals surface area contributed by atoms with E-state index in [0.717, 1.165) is 23.1 Å². The average molecular weight is 236 g/mol. The molecule has 0 fully saturated rings. The van der Waals surface area contributed by atoms with Crippen molar-refractivity contribution in [2.75, 3.05) is 0 Å². The van der Waals surface area contributed by atoms with Gasteiger partial charge >= 0.3 is 0 Å². The minimum atomic E-state index is 0.626. The zero-order valence-corrected chi connectivity index (χ0v) is 10.00. The van der Waals surface area contributed by atoms with Crippen LogP contribution in [0.25, 0.3) is 16.8 Å². The predicted octanol–water partition coefficient (Wildman–Crippen LogP) is 3.12. The number of hydrogen-bond acceptors (Lipinski definition) is 2. The number of carbonyl (C=O) groups is 1. The molecule has 0 radical (unpaired) electrons. The normalized spacial score (nSPS) is 10.7. The first-order valence-corrected chi connectivity index (χ1v) is 5.78. The summed E-state index contributed by atoms with van der Waals surface area (Å²) in [5.74, 6) is 0.